The molecule has 3 rings (SSSR count). The Balaban J connectivity index is 1.87. The van der Waals surface area contributed by atoms with E-state index >= 15 is 0 Å². The zero-order valence-corrected chi connectivity index (χ0v) is 20.1. The Labute approximate surface area is 209 Å². The fourth-order valence-corrected chi connectivity index (χ4v) is 3.14. The largest absolute Gasteiger partial charge is 0.504 e. The Kier molecular flexibility index (Phi) is 9.05. The van der Waals surface area contributed by atoms with E-state index in [1.165, 1.54) is 32.6 Å². The number of hydrazone groups is 1. The van der Waals surface area contributed by atoms with Gasteiger partial charge >= 0.3 is 0 Å². The van der Waals surface area contributed by atoms with Crippen LogP contribution in [0.4, 0.5) is 0 Å². The van der Waals surface area contributed by atoms with E-state index < -0.39 is 11.8 Å². The van der Waals surface area contributed by atoms with Crippen LogP contribution in [-0.2, 0) is 4.79 Å². The van der Waals surface area contributed by atoms with Crippen LogP contribution in [0.3, 0.4) is 0 Å². The molecular formula is C27H27N3O6. The van der Waals surface area contributed by atoms with Crippen LogP contribution in [0.25, 0.3) is 6.08 Å². The Morgan fingerprint density at radius 1 is 0.972 bits per heavy atom. The number of phenolic OH excluding ortho intramolecular Hbond substituents is 1. The summed E-state index contributed by atoms with van der Waals surface area (Å²) in [6.07, 6.45) is 2.88. The lowest BCUT2D eigenvalue weighted by atomic mass is 10.1. The average molecular weight is 490 g/mol. The van der Waals surface area contributed by atoms with Gasteiger partial charge in [-0.2, -0.15) is 5.10 Å². The van der Waals surface area contributed by atoms with Crippen molar-refractivity contribution in [1.29, 1.82) is 0 Å². The van der Waals surface area contributed by atoms with Crippen molar-refractivity contribution in [2.45, 2.75) is 6.92 Å². The molecule has 3 N–H and O–H groups in total. The maximum atomic E-state index is 13.0. The molecule has 9 nitrogen and oxygen atoms in total. The van der Waals surface area contributed by atoms with Crippen LogP contribution < -0.4 is 25.0 Å². The molecule has 0 saturated heterocycles. The van der Waals surface area contributed by atoms with Gasteiger partial charge in [0.15, 0.2) is 11.5 Å². The summed E-state index contributed by atoms with van der Waals surface area (Å²) in [6, 6.07) is 18.3. The third-order valence-corrected chi connectivity index (χ3v) is 4.93. The SMILES string of the molecule is CCOc1cc(/C=N/NC(=O)C(=Cc2ccc(OC)cc2OC)NC(=O)c2ccccc2)ccc1O. The van der Waals surface area contributed by atoms with Crippen LogP contribution in [0.2, 0.25) is 0 Å². The Bertz CT molecular complexity index is 1270. The molecule has 186 valence electrons. The zero-order chi connectivity index (χ0) is 25.9. The summed E-state index contributed by atoms with van der Waals surface area (Å²) in [5, 5.41) is 16.5. The molecule has 0 aromatic heterocycles. The van der Waals surface area contributed by atoms with Crippen molar-refractivity contribution in [1.82, 2.24) is 10.7 Å². The number of carbonyl (C=O) groups is 2. The number of phenols is 1. The second-order valence-corrected chi connectivity index (χ2v) is 7.35. The lowest BCUT2D eigenvalue weighted by Gasteiger charge is -2.12. The van der Waals surface area contributed by atoms with Crippen molar-refractivity contribution < 1.29 is 28.9 Å². The highest BCUT2D eigenvalue weighted by Gasteiger charge is 2.16. The van der Waals surface area contributed by atoms with Crippen LogP contribution in [0, 0.1) is 0 Å². The first kappa shape index (κ1) is 25.8. The summed E-state index contributed by atoms with van der Waals surface area (Å²) in [4.78, 5) is 25.8. The van der Waals surface area contributed by atoms with Crippen molar-refractivity contribution in [2.24, 2.45) is 5.10 Å². The van der Waals surface area contributed by atoms with Crippen LogP contribution in [0.15, 0.2) is 77.5 Å². The fourth-order valence-electron chi connectivity index (χ4n) is 3.14. The number of benzene rings is 3. The van der Waals surface area contributed by atoms with E-state index in [0.717, 1.165) is 0 Å². The Hall–Kier alpha value is -4.79. The molecule has 0 aliphatic carbocycles. The summed E-state index contributed by atoms with van der Waals surface area (Å²) in [5.41, 5.74) is 3.88. The van der Waals surface area contributed by atoms with Crippen LogP contribution in [0.5, 0.6) is 23.0 Å². The lowest BCUT2D eigenvalue weighted by Crippen LogP contribution is -2.32. The monoisotopic (exact) mass is 489 g/mol. The summed E-state index contributed by atoms with van der Waals surface area (Å²) < 4.78 is 16.0. The molecule has 0 heterocycles. The van der Waals surface area contributed by atoms with Gasteiger partial charge in [0, 0.05) is 17.2 Å². The molecule has 0 atom stereocenters. The lowest BCUT2D eigenvalue weighted by molar-refractivity contribution is -0.117. The van der Waals surface area contributed by atoms with Gasteiger partial charge in [-0.1, -0.05) is 18.2 Å². The minimum atomic E-state index is -0.655. The van der Waals surface area contributed by atoms with Crippen LogP contribution in [0.1, 0.15) is 28.4 Å². The van der Waals surface area contributed by atoms with Crippen molar-refractivity contribution >= 4 is 24.1 Å². The molecule has 0 unspecified atom stereocenters. The number of carbonyl (C=O) groups excluding carboxylic acids is 2. The predicted molar refractivity (Wildman–Crippen MR) is 136 cm³/mol. The Morgan fingerprint density at radius 2 is 1.75 bits per heavy atom. The topological polar surface area (TPSA) is 118 Å². The standard InChI is InChI=1S/C27H27N3O6/c1-4-36-25-14-18(10-13-23(25)31)17-28-30-27(33)22(29-26(32)19-8-6-5-7-9-19)15-20-11-12-21(34-2)16-24(20)35-3/h5-17,31H,4H2,1-3H3,(H,29,32)(H,30,33)/b22-15?,28-17+. The van der Waals surface area contributed by atoms with Gasteiger partial charge in [0.25, 0.3) is 11.8 Å². The number of nitrogens with zero attached hydrogens (tertiary/aromatic N) is 1. The molecule has 36 heavy (non-hydrogen) atoms. The number of nitrogens with one attached hydrogen (secondary N) is 2. The highest BCUT2D eigenvalue weighted by atomic mass is 16.5. The maximum absolute atomic E-state index is 13.0. The van der Waals surface area contributed by atoms with Gasteiger partial charge in [0.2, 0.25) is 0 Å². The highest BCUT2D eigenvalue weighted by molar-refractivity contribution is 6.05. The zero-order valence-electron chi connectivity index (χ0n) is 20.1. The van der Waals surface area contributed by atoms with Gasteiger partial charge in [-0.15, -0.1) is 0 Å². The van der Waals surface area contributed by atoms with E-state index in [4.69, 9.17) is 14.2 Å². The molecule has 0 bridgehead atoms. The molecule has 0 saturated carbocycles. The predicted octanol–water partition coefficient (Wildman–Crippen LogP) is 3.73. The van der Waals surface area contributed by atoms with Crippen molar-refractivity contribution in [3.05, 3.63) is 89.1 Å². The molecule has 0 fully saturated rings. The number of methoxy groups -OCH3 is 2. The summed E-state index contributed by atoms with van der Waals surface area (Å²) in [5.74, 6) is 0.207. The van der Waals surface area contributed by atoms with Gasteiger partial charge < -0.3 is 24.6 Å². The number of amides is 2. The normalized spacial score (nSPS) is 11.1. The first-order chi connectivity index (χ1) is 17.4. The van der Waals surface area contributed by atoms with Crippen LogP contribution in [-0.4, -0.2) is 44.0 Å². The van der Waals surface area contributed by atoms with E-state index in [-0.39, 0.29) is 11.4 Å². The molecule has 0 aliphatic heterocycles. The van der Waals surface area contributed by atoms with Gasteiger partial charge in [-0.05, 0) is 61.0 Å². The van der Waals surface area contributed by atoms with E-state index in [9.17, 15) is 14.7 Å². The van der Waals surface area contributed by atoms with Gasteiger partial charge in [0.05, 0.1) is 27.0 Å². The third kappa shape index (κ3) is 6.86. The van der Waals surface area contributed by atoms with Gasteiger partial charge in [-0.25, -0.2) is 5.43 Å². The molecule has 3 aromatic carbocycles. The minimum Gasteiger partial charge on any atom is -0.504 e. The first-order valence-corrected chi connectivity index (χ1v) is 11.0. The number of hydrogen-bond donors (Lipinski definition) is 3. The Morgan fingerprint density at radius 3 is 2.44 bits per heavy atom. The number of rotatable bonds is 10. The molecule has 3 aromatic rings. The third-order valence-electron chi connectivity index (χ3n) is 4.93. The average Bonchev–Trinajstić information content (AvgIpc) is 2.90. The van der Waals surface area contributed by atoms with Crippen molar-refractivity contribution in [2.75, 3.05) is 20.8 Å². The molecule has 0 spiro atoms. The van der Waals surface area contributed by atoms with E-state index in [1.54, 1.807) is 67.6 Å². The number of ether oxygens (including phenoxy) is 3. The first-order valence-electron chi connectivity index (χ1n) is 11.0. The quantitative estimate of drug-likeness (QED) is 0.227. The molecule has 9 heteroatoms. The molecular weight excluding hydrogens is 462 g/mol. The maximum Gasteiger partial charge on any atom is 0.287 e. The second kappa shape index (κ2) is 12.6. The van der Waals surface area contributed by atoms with Crippen molar-refractivity contribution in [3.63, 3.8) is 0 Å². The highest BCUT2D eigenvalue weighted by Crippen LogP contribution is 2.27. The summed E-state index contributed by atoms with van der Waals surface area (Å²) in [6.45, 7) is 2.19. The van der Waals surface area contributed by atoms with Gasteiger partial charge in [0.1, 0.15) is 17.2 Å². The van der Waals surface area contributed by atoms with Crippen molar-refractivity contribution in [3.8, 4) is 23.0 Å². The molecule has 2 amide bonds. The van der Waals surface area contributed by atoms with E-state index in [2.05, 4.69) is 15.8 Å². The van der Waals surface area contributed by atoms with Crippen LogP contribution >= 0.6 is 0 Å². The number of hydrogen-bond acceptors (Lipinski definition) is 7. The van der Waals surface area contributed by atoms with Gasteiger partial charge in [-0.3, -0.25) is 9.59 Å². The van der Waals surface area contributed by atoms with E-state index in [0.29, 0.717) is 40.5 Å². The fraction of sp³-hybridized carbons (Fsp3) is 0.148. The van der Waals surface area contributed by atoms with E-state index in [1.807, 2.05) is 0 Å². The molecule has 0 radical (unpaired) electrons. The summed E-state index contributed by atoms with van der Waals surface area (Å²) in [7, 11) is 3.03. The second-order valence-electron chi connectivity index (χ2n) is 7.35. The molecule has 0 aliphatic rings. The smallest absolute Gasteiger partial charge is 0.287 e. The number of aromatic hydroxyl groups is 1. The summed E-state index contributed by atoms with van der Waals surface area (Å²) >= 11 is 0. The minimum absolute atomic E-state index is 0.000295.